The predicted octanol–water partition coefficient (Wildman–Crippen LogP) is 5.87. The molecule has 150 valence electrons. The molecule has 0 radical (unpaired) electrons. The van der Waals surface area contributed by atoms with Gasteiger partial charge in [0.15, 0.2) is 0 Å². The summed E-state index contributed by atoms with van der Waals surface area (Å²) in [5.41, 5.74) is 8.11. The van der Waals surface area contributed by atoms with E-state index in [1.807, 2.05) is 30.3 Å². The summed E-state index contributed by atoms with van der Waals surface area (Å²) in [5.74, 6) is -0.0348. The van der Waals surface area contributed by atoms with Crippen molar-refractivity contribution in [2.75, 3.05) is 6.61 Å². The lowest BCUT2D eigenvalue weighted by atomic mass is 9.79. The number of phenolic OH excluding ortho intramolecular Hbond substituents is 1. The Balaban J connectivity index is 1.77. The molecule has 0 fully saturated rings. The molecule has 3 nitrogen and oxygen atoms in total. The Kier molecular flexibility index (Phi) is 5.80. The average Bonchev–Trinajstić information content (AvgIpc) is 2.78. The first kappa shape index (κ1) is 19.7. The molecular weight excluding hydrogens is 372 g/mol. The number of carbonyl (C=O) groups is 1. The van der Waals surface area contributed by atoms with E-state index in [0.717, 1.165) is 35.1 Å². The van der Waals surface area contributed by atoms with Crippen molar-refractivity contribution >= 4 is 23.2 Å². The number of esters is 1. The van der Waals surface area contributed by atoms with Gasteiger partial charge in [-0.2, -0.15) is 0 Å². The van der Waals surface area contributed by atoms with Gasteiger partial charge in [-0.3, -0.25) is 0 Å². The average molecular weight is 396 g/mol. The van der Waals surface area contributed by atoms with E-state index in [0.29, 0.717) is 12.4 Å². The molecule has 0 aliphatic heterocycles. The largest absolute Gasteiger partial charge is 0.508 e. The Morgan fingerprint density at radius 2 is 1.73 bits per heavy atom. The van der Waals surface area contributed by atoms with Crippen LogP contribution < -0.4 is 0 Å². The van der Waals surface area contributed by atoms with E-state index < -0.39 is 0 Å². The Hall–Kier alpha value is -3.59. The molecule has 3 aromatic carbocycles. The highest BCUT2D eigenvalue weighted by Gasteiger charge is 2.21. The van der Waals surface area contributed by atoms with Crippen LogP contribution in [0.5, 0.6) is 5.75 Å². The van der Waals surface area contributed by atoms with E-state index in [2.05, 4.69) is 36.4 Å². The number of phenols is 1. The molecule has 3 aromatic rings. The van der Waals surface area contributed by atoms with E-state index in [1.165, 1.54) is 22.8 Å². The van der Waals surface area contributed by atoms with E-state index in [1.54, 1.807) is 19.1 Å². The standard InChI is InChI=1S/C27H24O3/c1-2-30-26(29)17-10-19-8-11-21(12-9-19)27-24(20-6-4-3-5-7-20)15-13-22-18-23(28)14-16-25(22)27/h3-12,14,16-18,28H,2,13,15H2,1H3/b17-10+. The predicted molar refractivity (Wildman–Crippen MR) is 121 cm³/mol. The number of aryl methyl sites for hydroxylation is 1. The highest BCUT2D eigenvalue weighted by Crippen LogP contribution is 2.41. The van der Waals surface area contributed by atoms with Crippen LogP contribution >= 0.6 is 0 Å². The van der Waals surface area contributed by atoms with Crippen molar-refractivity contribution in [3.63, 3.8) is 0 Å². The summed E-state index contributed by atoms with van der Waals surface area (Å²) in [7, 11) is 0. The van der Waals surface area contributed by atoms with Crippen molar-refractivity contribution in [2.24, 2.45) is 0 Å². The van der Waals surface area contributed by atoms with Crippen molar-refractivity contribution < 1.29 is 14.6 Å². The number of fused-ring (bicyclic) bond motifs is 1. The maximum Gasteiger partial charge on any atom is 0.330 e. The monoisotopic (exact) mass is 396 g/mol. The summed E-state index contributed by atoms with van der Waals surface area (Å²) in [6.07, 6.45) is 5.03. The van der Waals surface area contributed by atoms with Gasteiger partial charge in [-0.1, -0.05) is 60.7 Å². The Bertz CT molecular complexity index is 1110. The molecule has 0 saturated heterocycles. The SMILES string of the molecule is CCOC(=O)/C=C/c1ccc(C2=C(c3ccccc3)CCc3cc(O)ccc32)cc1. The molecule has 1 aliphatic carbocycles. The Morgan fingerprint density at radius 1 is 0.967 bits per heavy atom. The van der Waals surface area contributed by atoms with Crippen molar-refractivity contribution in [2.45, 2.75) is 19.8 Å². The van der Waals surface area contributed by atoms with Crippen LogP contribution in [0.25, 0.3) is 17.2 Å². The minimum absolute atomic E-state index is 0.302. The second-order valence-electron chi connectivity index (χ2n) is 7.27. The van der Waals surface area contributed by atoms with Gasteiger partial charge in [0.1, 0.15) is 5.75 Å². The van der Waals surface area contributed by atoms with Crippen LogP contribution in [0.3, 0.4) is 0 Å². The molecule has 0 atom stereocenters. The van der Waals surface area contributed by atoms with Crippen LogP contribution in [-0.4, -0.2) is 17.7 Å². The number of aromatic hydroxyl groups is 1. The second kappa shape index (κ2) is 8.83. The highest BCUT2D eigenvalue weighted by molar-refractivity contribution is 6.01. The molecule has 0 bridgehead atoms. The van der Waals surface area contributed by atoms with Crippen LogP contribution in [0.15, 0.2) is 78.9 Å². The number of hydrogen-bond donors (Lipinski definition) is 1. The quantitative estimate of drug-likeness (QED) is 0.433. The fourth-order valence-electron chi connectivity index (χ4n) is 3.95. The maximum atomic E-state index is 11.6. The third-order valence-corrected chi connectivity index (χ3v) is 5.32. The summed E-state index contributed by atoms with van der Waals surface area (Å²) >= 11 is 0. The van der Waals surface area contributed by atoms with Gasteiger partial charge in [0.2, 0.25) is 0 Å². The van der Waals surface area contributed by atoms with Crippen LogP contribution in [0.2, 0.25) is 0 Å². The van der Waals surface area contributed by atoms with Gasteiger partial charge in [0.25, 0.3) is 0 Å². The molecule has 0 aromatic heterocycles. The van der Waals surface area contributed by atoms with Crippen molar-refractivity contribution in [1.29, 1.82) is 0 Å². The number of benzene rings is 3. The molecule has 30 heavy (non-hydrogen) atoms. The van der Waals surface area contributed by atoms with Gasteiger partial charge < -0.3 is 9.84 Å². The van der Waals surface area contributed by atoms with Gasteiger partial charge >= 0.3 is 5.97 Å². The lowest BCUT2D eigenvalue weighted by Crippen LogP contribution is -2.06. The van der Waals surface area contributed by atoms with Crippen LogP contribution in [-0.2, 0) is 16.0 Å². The zero-order chi connectivity index (χ0) is 20.9. The zero-order valence-corrected chi connectivity index (χ0v) is 17.0. The molecule has 1 aliphatic rings. The molecule has 0 saturated carbocycles. The van der Waals surface area contributed by atoms with Crippen LogP contribution in [0, 0.1) is 0 Å². The third-order valence-electron chi connectivity index (χ3n) is 5.32. The van der Waals surface area contributed by atoms with E-state index >= 15 is 0 Å². The zero-order valence-electron chi connectivity index (χ0n) is 17.0. The number of hydrogen-bond acceptors (Lipinski definition) is 3. The minimum Gasteiger partial charge on any atom is -0.508 e. The molecule has 0 heterocycles. The van der Waals surface area contributed by atoms with Gasteiger partial charge in [-0.15, -0.1) is 0 Å². The first-order valence-corrected chi connectivity index (χ1v) is 10.2. The number of carbonyl (C=O) groups excluding carboxylic acids is 1. The number of allylic oxidation sites excluding steroid dienone is 1. The molecular formula is C27H24O3. The van der Waals surface area contributed by atoms with Crippen molar-refractivity contribution in [1.82, 2.24) is 0 Å². The first-order valence-electron chi connectivity index (χ1n) is 10.2. The fraction of sp³-hybridized carbons (Fsp3) is 0.148. The van der Waals surface area contributed by atoms with Crippen LogP contribution in [0.4, 0.5) is 0 Å². The highest BCUT2D eigenvalue weighted by atomic mass is 16.5. The summed E-state index contributed by atoms with van der Waals surface area (Å²) in [6.45, 7) is 2.16. The second-order valence-corrected chi connectivity index (χ2v) is 7.27. The third kappa shape index (κ3) is 4.20. The molecule has 1 N–H and O–H groups in total. The molecule has 3 heteroatoms. The number of ether oxygens (including phenoxy) is 1. The normalized spacial score (nSPS) is 13.4. The Labute approximate surface area is 177 Å². The summed E-state index contributed by atoms with van der Waals surface area (Å²) in [6, 6.07) is 24.3. The first-order chi connectivity index (χ1) is 14.7. The van der Waals surface area contributed by atoms with E-state index in [9.17, 15) is 9.90 Å². The van der Waals surface area contributed by atoms with Crippen molar-refractivity contribution in [3.05, 3.63) is 107 Å². The van der Waals surface area contributed by atoms with Crippen molar-refractivity contribution in [3.8, 4) is 5.75 Å². The molecule has 0 amide bonds. The minimum atomic E-state index is -0.336. The van der Waals surface area contributed by atoms with E-state index in [-0.39, 0.29) is 5.97 Å². The van der Waals surface area contributed by atoms with Crippen LogP contribution in [0.1, 0.15) is 41.2 Å². The maximum absolute atomic E-state index is 11.6. The lowest BCUT2D eigenvalue weighted by molar-refractivity contribution is -0.137. The fourth-order valence-corrected chi connectivity index (χ4v) is 3.95. The Morgan fingerprint density at radius 3 is 2.47 bits per heavy atom. The molecule has 0 spiro atoms. The van der Waals surface area contributed by atoms with Gasteiger partial charge in [-0.25, -0.2) is 4.79 Å². The summed E-state index contributed by atoms with van der Waals surface area (Å²) in [5, 5.41) is 9.95. The van der Waals surface area contributed by atoms with Gasteiger partial charge in [0, 0.05) is 6.08 Å². The topological polar surface area (TPSA) is 46.5 Å². The number of rotatable bonds is 5. The van der Waals surface area contributed by atoms with Gasteiger partial charge in [-0.05, 0) is 76.9 Å². The van der Waals surface area contributed by atoms with E-state index in [4.69, 9.17) is 4.74 Å². The summed E-state index contributed by atoms with van der Waals surface area (Å²) in [4.78, 5) is 11.6. The van der Waals surface area contributed by atoms with Gasteiger partial charge in [0.05, 0.1) is 6.61 Å². The molecule has 4 rings (SSSR count). The lowest BCUT2D eigenvalue weighted by Gasteiger charge is -2.25. The summed E-state index contributed by atoms with van der Waals surface area (Å²) < 4.78 is 4.94. The smallest absolute Gasteiger partial charge is 0.330 e. The molecule has 0 unspecified atom stereocenters.